The van der Waals surface area contributed by atoms with Crippen LogP contribution in [0.1, 0.15) is 17.5 Å². The van der Waals surface area contributed by atoms with Gasteiger partial charge in [0.1, 0.15) is 0 Å². The maximum atomic E-state index is 11.6. The molecule has 0 fully saturated rings. The summed E-state index contributed by atoms with van der Waals surface area (Å²) in [4.78, 5) is 13.9. The molecule has 3 nitrogen and oxygen atoms in total. The van der Waals surface area contributed by atoms with Gasteiger partial charge in [-0.15, -0.1) is 0 Å². The Balaban J connectivity index is 1.90. The van der Waals surface area contributed by atoms with Gasteiger partial charge in [0.25, 0.3) is 0 Å². The molecule has 124 valence electrons. The Labute approximate surface area is 151 Å². The Bertz CT molecular complexity index is 787. The fourth-order valence-electron chi connectivity index (χ4n) is 2.98. The first-order chi connectivity index (χ1) is 11.5. The van der Waals surface area contributed by atoms with Gasteiger partial charge in [-0.05, 0) is 35.3 Å². The van der Waals surface area contributed by atoms with Crippen LogP contribution >= 0.6 is 23.2 Å². The van der Waals surface area contributed by atoms with Gasteiger partial charge in [0, 0.05) is 25.2 Å². The Hall–Kier alpha value is -1.81. The summed E-state index contributed by atoms with van der Waals surface area (Å²) >= 11 is 12.1. The Morgan fingerprint density at radius 3 is 2.50 bits per heavy atom. The summed E-state index contributed by atoms with van der Waals surface area (Å²) in [5.74, 6) is -0.865. The molecule has 1 N–H and O–H groups in total. The lowest BCUT2D eigenvalue weighted by Gasteiger charge is -2.30. The molecular formula is C19H17Cl2NO2. The molecule has 0 saturated carbocycles. The van der Waals surface area contributed by atoms with Crippen LogP contribution in [0.3, 0.4) is 0 Å². The zero-order valence-electron chi connectivity index (χ0n) is 13.0. The SMILES string of the molecule is O=C(O)C1=C(c2ccc(Cl)c(Cl)c2)CN(Cc2ccccc2)CC1. The molecule has 0 amide bonds. The third-order valence-electron chi connectivity index (χ3n) is 4.20. The van der Waals surface area contributed by atoms with Gasteiger partial charge in [-0.1, -0.05) is 59.6 Å². The van der Waals surface area contributed by atoms with Crippen molar-refractivity contribution < 1.29 is 9.90 Å². The van der Waals surface area contributed by atoms with E-state index in [4.69, 9.17) is 23.2 Å². The van der Waals surface area contributed by atoms with Crippen LogP contribution < -0.4 is 0 Å². The van der Waals surface area contributed by atoms with Crippen LogP contribution in [0.4, 0.5) is 0 Å². The first-order valence-electron chi connectivity index (χ1n) is 7.71. The summed E-state index contributed by atoms with van der Waals surface area (Å²) < 4.78 is 0. The molecule has 24 heavy (non-hydrogen) atoms. The minimum Gasteiger partial charge on any atom is -0.478 e. The largest absolute Gasteiger partial charge is 0.478 e. The van der Waals surface area contributed by atoms with E-state index in [1.807, 2.05) is 24.3 Å². The summed E-state index contributed by atoms with van der Waals surface area (Å²) in [5, 5.41) is 10.4. The molecule has 1 aliphatic heterocycles. The number of halogens is 2. The molecule has 5 heteroatoms. The van der Waals surface area contributed by atoms with Crippen LogP contribution in [0.15, 0.2) is 54.1 Å². The molecule has 0 spiro atoms. The monoisotopic (exact) mass is 361 g/mol. The maximum Gasteiger partial charge on any atom is 0.331 e. The van der Waals surface area contributed by atoms with Crippen molar-refractivity contribution in [2.75, 3.05) is 13.1 Å². The average Bonchev–Trinajstić information content (AvgIpc) is 2.58. The van der Waals surface area contributed by atoms with Crippen LogP contribution in [-0.2, 0) is 11.3 Å². The van der Waals surface area contributed by atoms with Crippen LogP contribution in [0.5, 0.6) is 0 Å². The average molecular weight is 362 g/mol. The molecule has 0 unspecified atom stereocenters. The zero-order valence-corrected chi connectivity index (χ0v) is 14.5. The quantitative estimate of drug-likeness (QED) is 0.854. The van der Waals surface area contributed by atoms with Gasteiger partial charge in [0.15, 0.2) is 0 Å². The van der Waals surface area contributed by atoms with E-state index >= 15 is 0 Å². The number of benzene rings is 2. The highest BCUT2D eigenvalue weighted by molar-refractivity contribution is 6.42. The lowest BCUT2D eigenvalue weighted by Crippen LogP contribution is -2.32. The summed E-state index contributed by atoms with van der Waals surface area (Å²) in [6.45, 7) is 2.09. The van der Waals surface area contributed by atoms with Crippen molar-refractivity contribution in [1.82, 2.24) is 4.90 Å². The zero-order chi connectivity index (χ0) is 17.1. The molecular weight excluding hydrogens is 345 g/mol. The van der Waals surface area contributed by atoms with E-state index in [-0.39, 0.29) is 0 Å². The molecule has 2 aromatic rings. The predicted octanol–water partition coefficient (Wildman–Crippen LogP) is 4.74. The predicted molar refractivity (Wildman–Crippen MR) is 97.4 cm³/mol. The van der Waals surface area contributed by atoms with Gasteiger partial charge in [-0.2, -0.15) is 0 Å². The number of carboxylic acids is 1. The van der Waals surface area contributed by atoms with Crippen molar-refractivity contribution in [2.45, 2.75) is 13.0 Å². The minimum atomic E-state index is -0.865. The second-order valence-corrected chi connectivity index (χ2v) is 6.65. The van der Waals surface area contributed by atoms with Crippen molar-refractivity contribution in [3.05, 3.63) is 75.3 Å². The van der Waals surface area contributed by atoms with Gasteiger partial charge in [-0.3, -0.25) is 4.90 Å². The van der Waals surface area contributed by atoms with E-state index in [2.05, 4.69) is 17.0 Å². The van der Waals surface area contributed by atoms with E-state index in [9.17, 15) is 9.90 Å². The maximum absolute atomic E-state index is 11.6. The van der Waals surface area contributed by atoms with Gasteiger partial charge in [0.2, 0.25) is 0 Å². The Kier molecular flexibility index (Phi) is 5.24. The van der Waals surface area contributed by atoms with E-state index in [1.165, 1.54) is 5.56 Å². The van der Waals surface area contributed by atoms with Crippen molar-refractivity contribution in [2.24, 2.45) is 0 Å². The van der Waals surface area contributed by atoms with E-state index < -0.39 is 5.97 Å². The highest BCUT2D eigenvalue weighted by Gasteiger charge is 2.24. The van der Waals surface area contributed by atoms with E-state index in [1.54, 1.807) is 12.1 Å². The van der Waals surface area contributed by atoms with Crippen LogP contribution in [0.25, 0.3) is 5.57 Å². The Morgan fingerprint density at radius 2 is 1.83 bits per heavy atom. The summed E-state index contributed by atoms with van der Waals surface area (Å²) in [7, 11) is 0. The third-order valence-corrected chi connectivity index (χ3v) is 4.94. The van der Waals surface area contributed by atoms with Gasteiger partial charge in [0.05, 0.1) is 10.0 Å². The van der Waals surface area contributed by atoms with Crippen LogP contribution in [0.2, 0.25) is 10.0 Å². The normalized spacial score (nSPS) is 15.6. The molecule has 3 rings (SSSR count). The number of rotatable bonds is 4. The first kappa shape index (κ1) is 17.0. The number of hydrogen-bond acceptors (Lipinski definition) is 2. The van der Waals surface area contributed by atoms with Crippen molar-refractivity contribution >= 4 is 34.7 Å². The highest BCUT2D eigenvalue weighted by atomic mass is 35.5. The lowest BCUT2D eigenvalue weighted by atomic mass is 9.93. The topological polar surface area (TPSA) is 40.5 Å². The lowest BCUT2D eigenvalue weighted by molar-refractivity contribution is -0.132. The number of aliphatic carboxylic acids is 1. The summed E-state index contributed by atoms with van der Waals surface area (Å²) in [6, 6.07) is 15.5. The Morgan fingerprint density at radius 1 is 1.08 bits per heavy atom. The van der Waals surface area contributed by atoms with Gasteiger partial charge in [-0.25, -0.2) is 4.79 Å². The molecule has 0 bridgehead atoms. The number of carbonyl (C=O) groups is 1. The fraction of sp³-hybridized carbons (Fsp3) is 0.211. The van der Waals surface area contributed by atoms with Crippen molar-refractivity contribution in [3.8, 4) is 0 Å². The molecule has 2 aromatic carbocycles. The molecule has 0 saturated heterocycles. The van der Waals surface area contributed by atoms with Crippen molar-refractivity contribution in [1.29, 1.82) is 0 Å². The van der Waals surface area contributed by atoms with Crippen LogP contribution in [0, 0.1) is 0 Å². The highest BCUT2D eigenvalue weighted by Crippen LogP contribution is 2.31. The molecule has 0 aliphatic carbocycles. The minimum absolute atomic E-state index is 0.437. The number of hydrogen-bond donors (Lipinski definition) is 1. The first-order valence-corrected chi connectivity index (χ1v) is 8.47. The number of nitrogens with zero attached hydrogens (tertiary/aromatic N) is 1. The van der Waals surface area contributed by atoms with Gasteiger partial charge >= 0.3 is 5.97 Å². The molecule has 0 atom stereocenters. The molecule has 1 heterocycles. The summed E-state index contributed by atoms with van der Waals surface area (Å²) in [6.07, 6.45) is 0.512. The number of carboxylic acid groups (broad SMARTS) is 1. The summed E-state index contributed by atoms with van der Waals surface area (Å²) in [5.41, 5.74) is 3.30. The fourth-order valence-corrected chi connectivity index (χ4v) is 3.28. The molecule has 1 aliphatic rings. The molecule has 0 aromatic heterocycles. The van der Waals surface area contributed by atoms with E-state index in [0.29, 0.717) is 28.6 Å². The second kappa shape index (κ2) is 7.39. The molecule has 0 radical (unpaired) electrons. The second-order valence-electron chi connectivity index (χ2n) is 5.84. The van der Waals surface area contributed by atoms with E-state index in [0.717, 1.165) is 24.2 Å². The standard InChI is InChI=1S/C19H17Cl2NO2/c20-17-7-6-14(10-18(17)21)16-12-22(9-8-15(16)19(23)24)11-13-4-2-1-3-5-13/h1-7,10H,8-9,11-12H2,(H,23,24). The van der Waals surface area contributed by atoms with Crippen LogP contribution in [-0.4, -0.2) is 29.1 Å². The van der Waals surface area contributed by atoms with Gasteiger partial charge < -0.3 is 5.11 Å². The third kappa shape index (κ3) is 3.81. The van der Waals surface area contributed by atoms with Crippen molar-refractivity contribution in [3.63, 3.8) is 0 Å². The smallest absolute Gasteiger partial charge is 0.331 e.